The fourth-order valence-corrected chi connectivity index (χ4v) is 2.08. The summed E-state index contributed by atoms with van der Waals surface area (Å²) in [7, 11) is 0. The van der Waals surface area contributed by atoms with Crippen LogP contribution in [0, 0.1) is 0 Å². The van der Waals surface area contributed by atoms with E-state index in [-0.39, 0.29) is 12.3 Å². The van der Waals surface area contributed by atoms with E-state index in [0.717, 1.165) is 5.69 Å². The molecule has 2 N–H and O–H groups in total. The number of aryl methyl sites for hydroxylation is 1. The van der Waals surface area contributed by atoms with E-state index in [2.05, 4.69) is 16.9 Å². The van der Waals surface area contributed by atoms with E-state index in [9.17, 15) is 9.59 Å². The van der Waals surface area contributed by atoms with Crippen LogP contribution >= 0.6 is 11.3 Å². The van der Waals surface area contributed by atoms with Crippen LogP contribution in [0.2, 0.25) is 0 Å². The van der Waals surface area contributed by atoms with Gasteiger partial charge in [0.25, 0.3) is 0 Å². The molecule has 0 aliphatic heterocycles. The molecule has 18 heavy (non-hydrogen) atoms. The molecule has 1 aromatic rings. The van der Waals surface area contributed by atoms with Crippen LogP contribution in [0.1, 0.15) is 31.4 Å². The Balaban J connectivity index is 2.35. The molecule has 1 rings (SSSR count). The van der Waals surface area contributed by atoms with Gasteiger partial charge in [0.15, 0.2) is 5.13 Å². The van der Waals surface area contributed by atoms with Crippen molar-refractivity contribution in [2.75, 3.05) is 5.32 Å². The fraction of sp³-hybridized carbons (Fsp3) is 0.417. The molecule has 6 heteroatoms. The van der Waals surface area contributed by atoms with Crippen molar-refractivity contribution in [2.24, 2.45) is 0 Å². The minimum atomic E-state index is -0.803. The van der Waals surface area contributed by atoms with Crippen LogP contribution in [-0.2, 0) is 16.0 Å². The second kappa shape index (κ2) is 7.60. The quantitative estimate of drug-likeness (QED) is 0.710. The molecule has 98 valence electrons. The molecule has 1 amide bonds. The number of aromatic nitrogens is 1. The lowest BCUT2D eigenvalue weighted by molar-refractivity contribution is -0.137. The molecule has 0 spiro atoms. The molecular formula is C12H16N2O3S. The molecule has 0 aromatic carbocycles. The van der Waals surface area contributed by atoms with Gasteiger partial charge in [0.2, 0.25) is 5.91 Å². The Morgan fingerprint density at radius 2 is 2.28 bits per heavy atom. The van der Waals surface area contributed by atoms with Crippen molar-refractivity contribution < 1.29 is 14.7 Å². The average Bonchev–Trinajstić information content (AvgIpc) is 2.73. The summed E-state index contributed by atoms with van der Waals surface area (Å²) in [6.07, 6.45) is 4.05. The van der Waals surface area contributed by atoms with Crippen LogP contribution in [-0.4, -0.2) is 22.0 Å². The van der Waals surface area contributed by atoms with E-state index in [1.165, 1.54) is 11.3 Å². The normalized spacial score (nSPS) is 10.0. The lowest BCUT2D eigenvalue weighted by Gasteiger charge is -1.98. The molecule has 1 heterocycles. The number of carbonyl (C=O) groups is 2. The summed E-state index contributed by atoms with van der Waals surface area (Å²) in [5.41, 5.74) is 0.820. The second-order valence-corrected chi connectivity index (χ2v) is 4.62. The van der Waals surface area contributed by atoms with Crippen molar-refractivity contribution in [1.29, 1.82) is 0 Å². The molecule has 0 bridgehead atoms. The summed E-state index contributed by atoms with van der Waals surface area (Å²) >= 11 is 1.35. The molecule has 0 saturated heterocycles. The van der Waals surface area contributed by atoms with E-state index in [1.54, 1.807) is 6.08 Å². The Bertz CT molecular complexity index is 429. The third kappa shape index (κ3) is 5.58. The highest BCUT2D eigenvalue weighted by atomic mass is 32.1. The summed E-state index contributed by atoms with van der Waals surface area (Å²) in [6.45, 7) is 3.55. The summed E-state index contributed by atoms with van der Waals surface area (Å²) in [6, 6.07) is 0. The standard InChI is InChI=1S/C12H16N2O3S/c1-2-3-6-10(15)14-12-13-9(8-18-12)5-4-7-11(16)17/h2,8H,1,3-7H2,(H,16,17)(H,13,14,15). The molecule has 1 aromatic heterocycles. The number of carboxylic acids is 1. The van der Waals surface area contributed by atoms with E-state index < -0.39 is 5.97 Å². The smallest absolute Gasteiger partial charge is 0.303 e. The zero-order valence-electron chi connectivity index (χ0n) is 10.0. The van der Waals surface area contributed by atoms with Crippen molar-refractivity contribution >= 4 is 28.3 Å². The van der Waals surface area contributed by atoms with Gasteiger partial charge in [0, 0.05) is 18.2 Å². The number of rotatable bonds is 8. The minimum absolute atomic E-state index is 0.0821. The van der Waals surface area contributed by atoms with Gasteiger partial charge in [-0.3, -0.25) is 9.59 Å². The Morgan fingerprint density at radius 1 is 1.50 bits per heavy atom. The number of hydrogen-bond donors (Lipinski definition) is 2. The van der Waals surface area contributed by atoms with Crippen molar-refractivity contribution in [3.63, 3.8) is 0 Å². The summed E-state index contributed by atoms with van der Waals surface area (Å²) < 4.78 is 0. The molecule has 0 aliphatic rings. The fourth-order valence-electron chi connectivity index (χ4n) is 1.31. The number of carbonyl (C=O) groups excluding carboxylic acids is 1. The first kappa shape index (κ1) is 14.4. The van der Waals surface area contributed by atoms with Crippen LogP contribution < -0.4 is 5.32 Å². The Hall–Kier alpha value is -1.69. The van der Waals surface area contributed by atoms with Gasteiger partial charge < -0.3 is 10.4 Å². The number of aliphatic carboxylic acids is 1. The number of hydrogen-bond acceptors (Lipinski definition) is 4. The second-order valence-electron chi connectivity index (χ2n) is 3.77. The SMILES string of the molecule is C=CCCC(=O)Nc1nc(CCCC(=O)O)cs1. The van der Waals surface area contributed by atoms with Gasteiger partial charge in [0.05, 0.1) is 5.69 Å². The van der Waals surface area contributed by atoms with Crippen LogP contribution in [0.15, 0.2) is 18.0 Å². The Labute approximate surface area is 110 Å². The number of amides is 1. The first-order chi connectivity index (χ1) is 8.61. The minimum Gasteiger partial charge on any atom is -0.481 e. The van der Waals surface area contributed by atoms with E-state index in [0.29, 0.717) is 30.8 Å². The van der Waals surface area contributed by atoms with Crippen molar-refractivity contribution in [3.05, 3.63) is 23.7 Å². The average molecular weight is 268 g/mol. The van der Waals surface area contributed by atoms with Crippen molar-refractivity contribution in [1.82, 2.24) is 4.98 Å². The zero-order chi connectivity index (χ0) is 13.4. The largest absolute Gasteiger partial charge is 0.481 e. The summed E-state index contributed by atoms with van der Waals surface area (Å²) in [5, 5.41) is 13.6. The van der Waals surface area contributed by atoms with Gasteiger partial charge in [0.1, 0.15) is 0 Å². The van der Waals surface area contributed by atoms with Crippen LogP contribution in [0.25, 0.3) is 0 Å². The highest BCUT2D eigenvalue weighted by molar-refractivity contribution is 7.13. The maximum atomic E-state index is 11.4. The van der Waals surface area contributed by atoms with Crippen LogP contribution in [0.3, 0.4) is 0 Å². The third-order valence-electron chi connectivity index (χ3n) is 2.20. The number of allylic oxidation sites excluding steroid dienone is 1. The highest BCUT2D eigenvalue weighted by Crippen LogP contribution is 2.17. The van der Waals surface area contributed by atoms with Gasteiger partial charge in [-0.25, -0.2) is 4.98 Å². The van der Waals surface area contributed by atoms with Crippen LogP contribution in [0.4, 0.5) is 5.13 Å². The summed E-state index contributed by atoms with van der Waals surface area (Å²) in [4.78, 5) is 26.0. The first-order valence-corrected chi connectivity index (χ1v) is 6.56. The van der Waals surface area contributed by atoms with Gasteiger partial charge in [-0.05, 0) is 19.3 Å². The Morgan fingerprint density at radius 3 is 2.94 bits per heavy atom. The number of nitrogens with zero attached hydrogens (tertiary/aromatic N) is 1. The molecule has 0 atom stereocenters. The monoisotopic (exact) mass is 268 g/mol. The first-order valence-electron chi connectivity index (χ1n) is 5.68. The van der Waals surface area contributed by atoms with Crippen molar-refractivity contribution in [3.8, 4) is 0 Å². The van der Waals surface area contributed by atoms with Crippen molar-refractivity contribution in [2.45, 2.75) is 32.1 Å². The number of carboxylic acid groups (broad SMARTS) is 1. The Kier molecular flexibility index (Phi) is 6.07. The van der Waals surface area contributed by atoms with Gasteiger partial charge in [-0.1, -0.05) is 6.08 Å². The molecule has 0 unspecified atom stereocenters. The topological polar surface area (TPSA) is 79.3 Å². The van der Waals surface area contributed by atoms with E-state index in [4.69, 9.17) is 5.11 Å². The number of anilines is 1. The maximum absolute atomic E-state index is 11.4. The summed E-state index contributed by atoms with van der Waals surface area (Å²) in [5.74, 6) is -0.885. The third-order valence-corrected chi connectivity index (χ3v) is 3.00. The van der Waals surface area contributed by atoms with E-state index >= 15 is 0 Å². The van der Waals surface area contributed by atoms with Gasteiger partial charge >= 0.3 is 5.97 Å². The molecule has 0 aliphatic carbocycles. The molecular weight excluding hydrogens is 252 g/mol. The zero-order valence-corrected chi connectivity index (χ0v) is 10.8. The molecule has 5 nitrogen and oxygen atoms in total. The maximum Gasteiger partial charge on any atom is 0.303 e. The van der Waals surface area contributed by atoms with Gasteiger partial charge in [-0.15, -0.1) is 17.9 Å². The molecule has 0 radical (unpaired) electrons. The van der Waals surface area contributed by atoms with E-state index in [1.807, 2.05) is 5.38 Å². The predicted octanol–water partition coefficient (Wildman–Crippen LogP) is 2.46. The number of nitrogens with one attached hydrogen (secondary N) is 1. The predicted molar refractivity (Wildman–Crippen MR) is 70.7 cm³/mol. The molecule has 0 fully saturated rings. The highest BCUT2D eigenvalue weighted by Gasteiger charge is 2.06. The lowest BCUT2D eigenvalue weighted by Crippen LogP contribution is -2.10. The lowest BCUT2D eigenvalue weighted by atomic mass is 10.2. The number of thiazole rings is 1. The van der Waals surface area contributed by atoms with Gasteiger partial charge in [-0.2, -0.15) is 0 Å². The van der Waals surface area contributed by atoms with Crippen LogP contribution in [0.5, 0.6) is 0 Å². The molecule has 0 saturated carbocycles.